The van der Waals surface area contributed by atoms with Crippen LogP contribution in [0.2, 0.25) is 0 Å². The number of thiophene rings is 1. The number of unbranched alkanes of at least 4 members (excludes halogenated alkanes) is 1. The fourth-order valence-electron chi connectivity index (χ4n) is 3.31. The number of carbonyl (C=O) groups is 2. The summed E-state index contributed by atoms with van der Waals surface area (Å²) < 4.78 is 11.0. The molecule has 154 valence electrons. The molecule has 0 spiro atoms. The number of ether oxygens (including phenoxy) is 2. The number of hydrogen-bond acceptors (Lipinski definition) is 5. The van der Waals surface area contributed by atoms with Crippen LogP contribution >= 0.6 is 11.3 Å². The molecular formula is C23H27NO4S. The van der Waals surface area contributed by atoms with Gasteiger partial charge in [-0.1, -0.05) is 31.5 Å². The molecule has 0 atom stereocenters. The third-order valence-electron chi connectivity index (χ3n) is 4.73. The lowest BCUT2D eigenvalue weighted by atomic mass is 10.1. The Balaban J connectivity index is 1.73. The Morgan fingerprint density at radius 3 is 2.83 bits per heavy atom. The van der Waals surface area contributed by atoms with Gasteiger partial charge in [-0.05, 0) is 50.3 Å². The molecule has 1 heterocycles. The molecule has 0 saturated carbocycles. The summed E-state index contributed by atoms with van der Waals surface area (Å²) in [5, 5.41) is 3.45. The summed E-state index contributed by atoms with van der Waals surface area (Å²) in [5.74, 6) is 0.118. The average molecular weight is 414 g/mol. The number of nitrogens with one attached hydrogen (secondary N) is 1. The molecule has 0 fully saturated rings. The van der Waals surface area contributed by atoms with E-state index in [1.807, 2.05) is 24.3 Å². The van der Waals surface area contributed by atoms with Crippen LogP contribution < -0.4 is 10.1 Å². The predicted octanol–water partition coefficient (Wildman–Crippen LogP) is 5.24. The fourth-order valence-corrected chi connectivity index (χ4v) is 4.59. The molecule has 1 amide bonds. The molecule has 1 aromatic carbocycles. The maximum atomic E-state index is 12.5. The van der Waals surface area contributed by atoms with Crippen molar-refractivity contribution in [3.63, 3.8) is 0 Å². The van der Waals surface area contributed by atoms with Gasteiger partial charge in [0.05, 0.1) is 18.8 Å². The van der Waals surface area contributed by atoms with E-state index >= 15 is 0 Å². The van der Waals surface area contributed by atoms with Crippen molar-refractivity contribution in [2.45, 2.75) is 46.0 Å². The lowest BCUT2D eigenvalue weighted by Gasteiger charge is -2.08. The molecule has 0 aliphatic heterocycles. The van der Waals surface area contributed by atoms with E-state index in [1.165, 1.54) is 22.3 Å². The quantitative estimate of drug-likeness (QED) is 0.347. The van der Waals surface area contributed by atoms with Crippen molar-refractivity contribution in [3.05, 3.63) is 51.9 Å². The summed E-state index contributed by atoms with van der Waals surface area (Å²) in [4.78, 5) is 26.1. The number of anilines is 1. The summed E-state index contributed by atoms with van der Waals surface area (Å²) in [6.45, 7) is 4.86. The van der Waals surface area contributed by atoms with Crippen molar-refractivity contribution in [3.8, 4) is 5.75 Å². The molecule has 1 aromatic heterocycles. The highest BCUT2D eigenvalue weighted by atomic mass is 32.1. The molecular weight excluding hydrogens is 386 g/mol. The van der Waals surface area contributed by atoms with Crippen LogP contribution in [0.1, 0.15) is 59.5 Å². The second kappa shape index (κ2) is 10.3. The summed E-state index contributed by atoms with van der Waals surface area (Å²) in [5.41, 5.74) is 2.40. The number of para-hydroxylation sites is 1. The zero-order chi connectivity index (χ0) is 20.6. The van der Waals surface area contributed by atoms with Crippen LogP contribution in [0.3, 0.4) is 0 Å². The maximum Gasteiger partial charge on any atom is 0.341 e. The first-order valence-electron chi connectivity index (χ1n) is 10.2. The zero-order valence-corrected chi connectivity index (χ0v) is 17.8. The van der Waals surface area contributed by atoms with Crippen LogP contribution in [0.15, 0.2) is 30.3 Å². The van der Waals surface area contributed by atoms with Crippen LogP contribution in [0.5, 0.6) is 5.75 Å². The predicted molar refractivity (Wildman–Crippen MR) is 117 cm³/mol. The van der Waals surface area contributed by atoms with Crippen molar-refractivity contribution in [2.75, 3.05) is 18.5 Å². The second-order valence-corrected chi connectivity index (χ2v) is 7.95. The topological polar surface area (TPSA) is 64.6 Å². The van der Waals surface area contributed by atoms with Crippen LogP contribution in [-0.2, 0) is 22.4 Å². The third-order valence-corrected chi connectivity index (χ3v) is 5.93. The summed E-state index contributed by atoms with van der Waals surface area (Å²) in [7, 11) is 0. The lowest BCUT2D eigenvalue weighted by Crippen LogP contribution is -2.13. The number of benzene rings is 1. The SMILES string of the molecule is CCCCOc1ccccc1/C=C/C(=O)Nc1sc2c(c1C(=O)OCC)CCC2. The molecule has 2 aromatic rings. The monoisotopic (exact) mass is 413 g/mol. The van der Waals surface area contributed by atoms with Crippen LogP contribution in [0.4, 0.5) is 5.00 Å². The first-order chi connectivity index (χ1) is 14.1. The fraction of sp³-hybridized carbons (Fsp3) is 0.391. The highest BCUT2D eigenvalue weighted by Gasteiger charge is 2.28. The average Bonchev–Trinajstić information content (AvgIpc) is 3.28. The summed E-state index contributed by atoms with van der Waals surface area (Å²) in [6, 6.07) is 7.63. The Bertz CT molecular complexity index is 900. The minimum absolute atomic E-state index is 0.279. The highest BCUT2D eigenvalue weighted by molar-refractivity contribution is 7.17. The van der Waals surface area contributed by atoms with Crippen molar-refractivity contribution in [2.24, 2.45) is 0 Å². The number of aryl methyl sites for hydroxylation is 1. The van der Waals surface area contributed by atoms with E-state index in [-0.39, 0.29) is 11.9 Å². The van der Waals surface area contributed by atoms with Crippen molar-refractivity contribution in [1.82, 2.24) is 0 Å². The Morgan fingerprint density at radius 2 is 2.03 bits per heavy atom. The van der Waals surface area contributed by atoms with Gasteiger partial charge >= 0.3 is 5.97 Å². The van der Waals surface area contributed by atoms with E-state index in [4.69, 9.17) is 9.47 Å². The summed E-state index contributed by atoms with van der Waals surface area (Å²) >= 11 is 1.48. The number of rotatable bonds is 9. The number of esters is 1. The largest absolute Gasteiger partial charge is 0.493 e. The number of amides is 1. The smallest absolute Gasteiger partial charge is 0.341 e. The van der Waals surface area contributed by atoms with Gasteiger partial charge in [-0.25, -0.2) is 4.79 Å². The van der Waals surface area contributed by atoms with Gasteiger partial charge in [0.2, 0.25) is 5.91 Å². The van der Waals surface area contributed by atoms with Gasteiger partial charge in [0.25, 0.3) is 0 Å². The van der Waals surface area contributed by atoms with E-state index in [0.29, 0.717) is 23.8 Å². The number of carbonyl (C=O) groups excluding carboxylic acids is 2. The van der Waals surface area contributed by atoms with Gasteiger partial charge in [0, 0.05) is 16.5 Å². The molecule has 6 heteroatoms. The Morgan fingerprint density at radius 1 is 1.21 bits per heavy atom. The highest BCUT2D eigenvalue weighted by Crippen LogP contribution is 2.39. The molecule has 29 heavy (non-hydrogen) atoms. The minimum Gasteiger partial charge on any atom is -0.493 e. The Labute approximate surface area is 175 Å². The molecule has 5 nitrogen and oxygen atoms in total. The van der Waals surface area contributed by atoms with E-state index in [2.05, 4.69) is 12.2 Å². The Hall–Kier alpha value is -2.60. The van der Waals surface area contributed by atoms with Crippen LogP contribution in [-0.4, -0.2) is 25.1 Å². The number of fused-ring (bicyclic) bond motifs is 1. The second-order valence-electron chi connectivity index (χ2n) is 6.84. The maximum absolute atomic E-state index is 12.5. The standard InChI is InChI=1S/C23H27NO4S/c1-3-5-15-28-18-11-7-6-9-16(18)13-14-20(25)24-22-21(23(26)27-4-2)17-10-8-12-19(17)29-22/h6-7,9,11,13-14H,3-5,8,10,12,15H2,1-2H3,(H,24,25)/b14-13+. The zero-order valence-electron chi connectivity index (χ0n) is 17.0. The summed E-state index contributed by atoms with van der Waals surface area (Å²) in [6.07, 6.45) is 8.10. The van der Waals surface area contributed by atoms with Gasteiger partial charge in [-0.15, -0.1) is 11.3 Å². The molecule has 0 radical (unpaired) electrons. The first kappa shape index (κ1) is 21.1. The van der Waals surface area contributed by atoms with Crippen LogP contribution in [0.25, 0.3) is 6.08 Å². The first-order valence-corrected chi connectivity index (χ1v) is 11.0. The normalized spacial score (nSPS) is 12.8. The molecule has 1 aliphatic carbocycles. The molecule has 0 saturated heterocycles. The van der Waals surface area contributed by atoms with Gasteiger partial charge in [0.15, 0.2) is 0 Å². The molecule has 0 bridgehead atoms. The number of hydrogen-bond donors (Lipinski definition) is 1. The van der Waals surface area contributed by atoms with Gasteiger partial charge < -0.3 is 14.8 Å². The van der Waals surface area contributed by atoms with E-state index in [1.54, 1.807) is 13.0 Å². The van der Waals surface area contributed by atoms with E-state index < -0.39 is 0 Å². The van der Waals surface area contributed by atoms with Gasteiger partial charge in [-0.3, -0.25) is 4.79 Å². The van der Waals surface area contributed by atoms with Crippen LogP contribution in [0, 0.1) is 0 Å². The molecule has 0 unspecified atom stereocenters. The third kappa shape index (κ3) is 5.26. The lowest BCUT2D eigenvalue weighted by molar-refractivity contribution is -0.111. The van der Waals surface area contributed by atoms with Gasteiger partial charge in [-0.2, -0.15) is 0 Å². The molecule has 1 aliphatic rings. The van der Waals surface area contributed by atoms with Crippen molar-refractivity contribution >= 4 is 34.3 Å². The molecule has 3 rings (SSSR count). The molecule has 1 N–H and O–H groups in total. The van der Waals surface area contributed by atoms with Gasteiger partial charge in [0.1, 0.15) is 10.8 Å². The van der Waals surface area contributed by atoms with Crippen molar-refractivity contribution in [1.29, 1.82) is 0 Å². The van der Waals surface area contributed by atoms with E-state index in [0.717, 1.165) is 49.0 Å². The minimum atomic E-state index is -0.360. The van der Waals surface area contributed by atoms with E-state index in [9.17, 15) is 9.59 Å². The van der Waals surface area contributed by atoms with Crippen molar-refractivity contribution < 1.29 is 19.1 Å². The Kier molecular flexibility index (Phi) is 7.47.